The minimum Gasteiger partial charge on any atom is -0.383 e. The zero-order chi connectivity index (χ0) is 23.8. The highest BCUT2D eigenvalue weighted by Gasteiger charge is 2.40. The Labute approximate surface area is 188 Å². The molecule has 0 aromatic heterocycles. The quantitative estimate of drug-likeness (QED) is 0.521. The van der Waals surface area contributed by atoms with E-state index < -0.39 is 24.0 Å². The number of hydrogen-bond acceptors (Lipinski definition) is 4. The topological polar surface area (TPSA) is 114 Å². The summed E-state index contributed by atoms with van der Waals surface area (Å²) in [6.07, 6.45) is -0.732. The van der Waals surface area contributed by atoms with Crippen molar-refractivity contribution in [2.45, 2.75) is 69.4 Å². The maximum Gasteiger partial charge on any atom is 0.473 e. The first-order valence-electron chi connectivity index (χ1n) is 11.0. The van der Waals surface area contributed by atoms with Crippen molar-refractivity contribution in [3.63, 3.8) is 0 Å². The molecule has 1 aromatic carbocycles. The third kappa shape index (κ3) is 4.87. The second-order valence-corrected chi connectivity index (χ2v) is 8.57. The van der Waals surface area contributed by atoms with Gasteiger partial charge in [0.1, 0.15) is 11.9 Å². The highest BCUT2D eigenvalue weighted by molar-refractivity contribution is 6.07. The second-order valence-electron chi connectivity index (χ2n) is 8.57. The van der Waals surface area contributed by atoms with Crippen LogP contribution in [0.5, 0.6) is 0 Å². The van der Waals surface area contributed by atoms with E-state index in [0.29, 0.717) is 30.7 Å². The number of ether oxygens (including phenoxy) is 1. The molecule has 2 fully saturated rings. The van der Waals surface area contributed by atoms with Crippen LogP contribution >= 0.6 is 0 Å². The van der Waals surface area contributed by atoms with Gasteiger partial charge in [0.05, 0.1) is 6.04 Å². The average Bonchev–Trinajstić information content (AvgIpc) is 3.42. The van der Waals surface area contributed by atoms with Crippen molar-refractivity contribution in [2.24, 2.45) is 10.7 Å². The van der Waals surface area contributed by atoms with Crippen molar-refractivity contribution in [3.8, 4) is 0 Å². The van der Waals surface area contributed by atoms with Crippen molar-refractivity contribution < 1.29 is 32.3 Å². The number of carbonyl (C=O) groups is 3. The number of halogens is 3. The molecule has 2 aliphatic heterocycles. The molecule has 0 bridgehead atoms. The van der Waals surface area contributed by atoms with Gasteiger partial charge in [-0.15, -0.1) is 0 Å². The zero-order valence-electron chi connectivity index (χ0n) is 17.9. The summed E-state index contributed by atoms with van der Waals surface area (Å²) in [6.45, 7) is 0.888. The first-order valence-corrected chi connectivity index (χ1v) is 11.0. The van der Waals surface area contributed by atoms with E-state index in [1.165, 1.54) is 12.1 Å². The summed E-state index contributed by atoms with van der Waals surface area (Å²) in [5, 5.41) is 3.06. The van der Waals surface area contributed by atoms with Crippen LogP contribution in [0.1, 0.15) is 60.0 Å². The summed E-state index contributed by atoms with van der Waals surface area (Å²) in [5.74, 6) is -3.36. The molecule has 2 heterocycles. The van der Waals surface area contributed by atoms with E-state index in [1.807, 2.05) is 0 Å². The first kappa shape index (κ1) is 23.2. The summed E-state index contributed by atoms with van der Waals surface area (Å²) in [4.78, 5) is 41.5. The fourth-order valence-corrected chi connectivity index (χ4v) is 4.70. The van der Waals surface area contributed by atoms with E-state index in [-0.39, 0.29) is 29.5 Å². The molecule has 11 heteroatoms. The largest absolute Gasteiger partial charge is 0.473 e. The SMILES string of the molecule is NC(=NC(=O)C(F)(F)F)c1ccc2c(c1)C(=O)N(C1CCCCC1NC(=O)[C@H]1CCCO1)C2. The molecule has 178 valence electrons. The Bertz CT molecular complexity index is 988. The molecule has 0 radical (unpaired) electrons. The van der Waals surface area contributed by atoms with E-state index in [9.17, 15) is 27.6 Å². The predicted octanol–water partition coefficient (Wildman–Crippen LogP) is 2.04. The van der Waals surface area contributed by atoms with Crippen LogP contribution in [0.4, 0.5) is 13.2 Å². The fraction of sp³-hybridized carbons (Fsp3) is 0.545. The summed E-state index contributed by atoms with van der Waals surface area (Å²) < 4.78 is 42.9. The van der Waals surface area contributed by atoms with E-state index in [4.69, 9.17) is 10.5 Å². The number of aliphatic imine (C=N–C) groups is 1. The molecule has 8 nitrogen and oxygen atoms in total. The molecule has 0 spiro atoms. The number of rotatable bonds is 4. The highest BCUT2D eigenvalue weighted by Crippen LogP contribution is 2.32. The Morgan fingerprint density at radius 3 is 2.61 bits per heavy atom. The van der Waals surface area contributed by atoms with Gasteiger partial charge in [-0.2, -0.15) is 18.2 Å². The molecule has 1 aromatic rings. The maximum atomic E-state index is 13.2. The first-order chi connectivity index (χ1) is 15.6. The van der Waals surface area contributed by atoms with E-state index in [1.54, 1.807) is 11.0 Å². The monoisotopic (exact) mass is 466 g/mol. The van der Waals surface area contributed by atoms with Gasteiger partial charge in [0.15, 0.2) is 0 Å². The lowest BCUT2D eigenvalue weighted by atomic mass is 9.89. The zero-order valence-corrected chi connectivity index (χ0v) is 17.9. The van der Waals surface area contributed by atoms with Crippen LogP contribution in [0, 0.1) is 0 Å². The third-order valence-electron chi connectivity index (χ3n) is 6.38. The van der Waals surface area contributed by atoms with Crippen molar-refractivity contribution in [1.82, 2.24) is 10.2 Å². The van der Waals surface area contributed by atoms with Gasteiger partial charge >= 0.3 is 12.1 Å². The lowest BCUT2D eigenvalue weighted by Gasteiger charge is -2.38. The number of amides is 3. The van der Waals surface area contributed by atoms with E-state index >= 15 is 0 Å². The lowest BCUT2D eigenvalue weighted by Crippen LogP contribution is -2.55. The van der Waals surface area contributed by atoms with Gasteiger partial charge in [-0.05, 0) is 37.3 Å². The molecule has 3 aliphatic rings. The Hall–Kier alpha value is -2.95. The van der Waals surface area contributed by atoms with Crippen molar-refractivity contribution >= 4 is 23.6 Å². The van der Waals surface area contributed by atoms with Crippen LogP contribution in [-0.2, 0) is 20.9 Å². The van der Waals surface area contributed by atoms with Gasteiger partial charge in [0, 0.05) is 30.3 Å². The second kappa shape index (κ2) is 9.12. The minimum atomic E-state index is -5.13. The summed E-state index contributed by atoms with van der Waals surface area (Å²) in [5.41, 5.74) is 6.66. The summed E-state index contributed by atoms with van der Waals surface area (Å²) in [6, 6.07) is 4.00. The minimum absolute atomic E-state index is 0.0634. The molecule has 1 aliphatic carbocycles. The number of hydrogen-bond donors (Lipinski definition) is 2. The molecular weight excluding hydrogens is 441 g/mol. The molecule has 33 heavy (non-hydrogen) atoms. The number of fused-ring (bicyclic) bond motifs is 1. The number of alkyl halides is 3. The van der Waals surface area contributed by atoms with Gasteiger partial charge < -0.3 is 20.7 Å². The molecule has 1 saturated heterocycles. The number of amidine groups is 1. The van der Waals surface area contributed by atoms with Gasteiger partial charge in [0.25, 0.3) is 5.91 Å². The molecule has 3 atom stereocenters. The average molecular weight is 466 g/mol. The van der Waals surface area contributed by atoms with Gasteiger partial charge in [-0.3, -0.25) is 14.4 Å². The van der Waals surface area contributed by atoms with Crippen molar-refractivity contribution in [2.75, 3.05) is 6.61 Å². The molecule has 3 amide bonds. The molecule has 4 rings (SSSR count). The standard InChI is InChI=1S/C22H25F3N4O4/c23-22(24,25)21(32)28-18(26)12-7-8-13-11-29(20(31)14(13)10-12)16-5-2-1-4-15(16)27-19(30)17-6-3-9-33-17/h7-8,10,15-17H,1-6,9,11H2,(H,27,30)(H2,26,28,32)/t15?,16?,17-/m1/s1. The van der Waals surface area contributed by atoms with Crippen molar-refractivity contribution in [3.05, 3.63) is 34.9 Å². The molecular formula is C22H25F3N4O4. The highest BCUT2D eigenvalue weighted by atomic mass is 19.4. The molecule has 2 unspecified atom stereocenters. The number of nitrogens with zero attached hydrogens (tertiary/aromatic N) is 2. The van der Waals surface area contributed by atoms with Crippen LogP contribution in [0.25, 0.3) is 0 Å². The normalized spacial score (nSPS) is 25.8. The Balaban J connectivity index is 1.51. The fourth-order valence-electron chi connectivity index (χ4n) is 4.70. The molecule has 3 N–H and O–H groups in total. The number of nitrogens with two attached hydrogens (primary N) is 1. The van der Waals surface area contributed by atoms with Crippen molar-refractivity contribution in [1.29, 1.82) is 0 Å². The lowest BCUT2D eigenvalue weighted by molar-refractivity contribution is -0.169. The predicted molar refractivity (Wildman–Crippen MR) is 111 cm³/mol. The Kier molecular flexibility index (Phi) is 6.42. The molecule has 1 saturated carbocycles. The van der Waals surface area contributed by atoms with Gasteiger partial charge in [-0.1, -0.05) is 25.0 Å². The number of carbonyl (C=O) groups excluding carboxylic acids is 3. The van der Waals surface area contributed by atoms with Crippen LogP contribution < -0.4 is 11.1 Å². The smallest absolute Gasteiger partial charge is 0.383 e. The number of nitrogens with one attached hydrogen (secondary N) is 1. The van der Waals surface area contributed by atoms with Gasteiger partial charge in [-0.25, -0.2) is 0 Å². The third-order valence-corrected chi connectivity index (χ3v) is 6.38. The van der Waals surface area contributed by atoms with Gasteiger partial charge in [0.2, 0.25) is 5.91 Å². The van der Waals surface area contributed by atoms with Crippen LogP contribution in [-0.4, -0.2) is 59.4 Å². The van der Waals surface area contributed by atoms with E-state index in [2.05, 4.69) is 10.3 Å². The summed E-state index contributed by atoms with van der Waals surface area (Å²) >= 11 is 0. The van der Waals surface area contributed by atoms with E-state index in [0.717, 1.165) is 32.1 Å². The van der Waals surface area contributed by atoms with Crippen LogP contribution in [0.15, 0.2) is 23.2 Å². The van der Waals surface area contributed by atoms with Crippen LogP contribution in [0.2, 0.25) is 0 Å². The maximum absolute atomic E-state index is 13.2. The number of benzene rings is 1. The van der Waals surface area contributed by atoms with Crippen LogP contribution in [0.3, 0.4) is 0 Å². The Morgan fingerprint density at radius 2 is 1.91 bits per heavy atom. The summed E-state index contributed by atoms with van der Waals surface area (Å²) in [7, 11) is 0. The Morgan fingerprint density at radius 1 is 1.15 bits per heavy atom.